The quantitative estimate of drug-likeness (QED) is 0.487. The molecule has 2 aromatic carbocycles. The summed E-state index contributed by atoms with van der Waals surface area (Å²) in [7, 11) is 0. The summed E-state index contributed by atoms with van der Waals surface area (Å²) in [6.07, 6.45) is 2.71. The fourth-order valence-corrected chi connectivity index (χ4v) is 2.51. The van der Waals surface area contributed by atoms with Crippen LogP contribution in [0.15, 0.2) is 46.9 Å². The highest BCUT2D eigenvalue weighted by Crippen LogP contribution is 2.29. The summed E-state index contributed by atoms with van der Waals surface area (Å²) in [6.45, 7) is 4.06. The number of nitrogens with zero attached hydrogens (tertiary/aromatic N) is 1. The lowest BCUT2D eigenvalue weighted by molar-refractivity contribution is 0.216. The molecule has 4 heteroatoms. The summed E-state index contributed by atoms with van der Waals surface area (Å²) in [5.74, 6) is 0.344. The van der Waals surface area contributed by atoms with Crippen molar-refractivity contribution in [2.45, 2.75) is 26.4 Å². The van der Waals surface area contributed by atoms with Crippen LogP contribution in [0, 0.1) is 17.1 Å². The predicted molar refractivity (Wildman–Crippen MR) is 94.4 cm³/mol. The first kappa shape index (κ1) is 17.2. The zero-order chi connectivity index (χ0) is 16.8. The molecule has 0 aliphatic rings. The Morgan fingerprint density at radius 3 is 2.70 bits per heavy atom. The first-order valence-corrected chi connectivity index (χ1v) is 8.17. The van der Waals surface area contributed by atoms with Crippen molar-refractivity contribution in [1.82, 2.24) is 0 Å². The van der Waals surface area contributed by atoms with Crippen LogP contribution in [0.25, 0.3) is 11.6 Å². The van der Waals surface area contributed by atoms with E-state index >= 15 is 0 Å². The summed E-state index contributed by atoms with van der Waals surface area (Å²) < 4.78 is 20.4. The number of halogens is 2. The van der Waals surface area contributed by atoms with E-state index in [0.29, 0.717) is 5.56 Å². The molecule has 0 aliphatic carbocycles. The number of hydrogen-bond acceptors (Lipinski definition) is 2. The fourth-order valence-electron chi connectivity index (χ4n) is 2.02. The van der Waals surface area contributed by atoms with E-state index in [4.69, 9.17) is 4.74 Å². The second kappa shape index (κ2) is 7.94. The monoisotopic (exact) mass is 373 g/mol. The van der Waals surface area contributed by atoms with Crippen molar-refractivity contribution >= 4 is 27.6 Å². The van der Waals surface area contributed by atoms with E-state index in [1.165, 1.54) is 6.07 Å². The van der Waals surface area contributed by atoms with E-state index in [-0.39, 0.29) is 11.7 Å². The van der Waals surface area contributed by atoms with Gasteiger partial charge in [0.15, 0.2) is 0 Å². The van der Waals surface area contributed by atoms with Gasteiger partial charge in [-0.05, 0) is 59.1 Å². The Morgan fingerprint density at radius 1 is 1.35 bits per heavy atom. The molecule has 2 aromatic rings. The van der Waals surface area contributed by atoms with Crippen molar-refractivity contribution in [3.8, 4) is 11.8 Å². The van der Waals surface area contributed by atoms with Gasteiger partial charge in [0.25, 0.3) is 0 Å². The van der Waals surface area contributed by atoms with Gasteiger partial charge in [0, 0.05) is 5.56 Å². The van der Waals surface area contributed by atoms with Gasteiger partial charge in [-0.1, -0.05) is 31.2 Å². The lowest BCUT2D eigenvalue weighted by atomic mass is 10.0. The smallest absolute Gasteiger partial charge is 0.133 e. The maximum absolute atomic E-state index is 13.8. The van der Waals surface area contributed by atoms with E-state index in [1.54, 1.807) is 24.3 Å². The average Bonchev–Trinajstić information content (AvgIpc) is 2.55. The molecule has 1 atom stereocenters. The number of rotatable bonds is 5. The first-order valence-electron chi connectivity index (χ1n) is 7.38. The van der Waals surface area contributed by atoms with Crippen LogP contribution in [-0.4, -0.2) is 6.10 Å². The SMILES string of the molecule is CC[C@@H](C)Oc1ccc(/C=C(/C#N)c2ccccc2F)cc1Br. The van der Waals surface area contributed by atoms with Crippen LogP contribution in [0.5, 0.6) is 5.75 Å². The molecule has 0 N–H and O–H groups in total. The van der Waals surface area contributed by atoms with Crippen molar-refractivity contribution in [2.75, 3.05) is 0 Å². The molecule has 2 rings (SSSR count). The second-order valence-corrected chi connectivity index (χ2v) is 6.03. The Morgan fingerprint density at radius 2 is 2.09 bits per heavy atom. The highest BCUT2D eigenvalue weighted by molar-refractivity contribution is 9.10. The topological polar surface area (TPSA) is 33.0 Å². The highest BCUT2D eigenvalue weighted by atomic mass is 79.9. The van der Waals surface area contributed by atoms with E-state index in [0.717, 1.165) is 22.2 Å². The van der Waals surface area contributed by atoms with Crippen molar-refractivity contribution in [3.05, 3.63) is 63.9 Å². The molecule has 0 aromatic heterocycles. The molecule has 0 heterocycles. The zero-order valence-electron chi connectivity index (χ0n) is 13.0. The maximum Gasteiger partial charge on any atom is 0.133 e. The first-order chi connectivity index (χ1) is 11.0. The number of benzene rings is 2. The summed E-state index contributed by atoms with van der Waals surface area (Å²) in [5.41, 5.74) is 1.38. The van der Waals surface area contributed by atoms with Gasteiger partial charge in [0.2, 0.25) is 0 Å². The fraction of sp³-hybridized carbons (Fsp3) is 0.211. The van der Waals surface area contributed by atoms with Crippen LogP contribution in [-0.2, 0) is 0 Å². The highest BCUT2D eigenvalue weighted by Gasteiger charge is 2.09. The molecule has 0 saturated heterocycles. The lowest BCUT2D eigenvalue weighted by Gasteiger charge is -2.14. The van der Waals surface area contributed by atoms with Crippen LogP contribution in [0.1, 0.15) is 31.4 Å². The van der Waals surface area contributed by atoms with Crippen molar-refractivity contribution in [1.29, 1.82) is 5.26 Å². The third-order valence-corrected chi connectivity index (χ3v) is 4.07. The van der Waals surface area contributed by atoms with Crippen molar-refractivity contribution < 1.29 is 9.13 Å². The van der Waals surface area contributed by atoms with E-state index in [9.17, 15) is 9.65 Å². The second-order valence-electron chi connectivity index (χ2n) is 5.18. The Hall–Kier alpha value is -2.12. The Labute approximate surface area is 144 Å². The molecule has 0 saturated carbocycles. The van der Waals surface area contributed by atoms with Gasteiger partial charge in [-0.25, -0.2) is 4.39 Å². The molecular formula is C19H17BrFNO. The summed E-state index contributed by atoms with van der Waals surface area (Å²) in [4.78, 5) is 0. The maximum atomic E-state index is 13.8. The van der Waals surface area contributed by atoms with Gasteiger partial charge < -0.3 is 4.74 Å². The summed E-state index contributed by atoms with van der Waals surface area (Å²) in [6, 6.07) is 13.9. The molecular weight excluding hydrogens is 357 g/mol. The zero-order valence-corrected chi connectivity index (χ0v) is 14.6. The normalized spacial score (nSPS) is 12.6. The predicted octanol–water partition coefficient (Wildman–Crippen LogP) is 5.83. The molecule has 2 nitrogen and oxygen atoms in total. The molecule has 23 heavy (non-hydrogen) atoms. The van der Waals surface area contributed by atoms with Gasteiger partial charge in [-0.2, -0.15) is 5.26 Å². The molecule has 118 valence electrons. The lowest BCUT2D eigenvalue weighted by Crippen LogP contribution is -2.09. The minimum atomic E-state index is -0.406. The largest absolute Gasteiger partial charge is 0.490 e. The Bertz CT molecular complexity index is 764. The average molecular weight is 374 g/mol. The van der Waals surface area contributed by atoms with Crippen LogP contribution in [0.4, 0.5) is 4.39 Å². The van der Waals surface area contributed by atoms with Gasteiger partial charge in [0.05, 0.1) is 22.2 Å². The van der Waals surface area contributed by atoms with E-state index in [2.05, 4.69) is 28.9 Å². The molecule has 0 aliphatic heterocycles. The minimum Gasteiger partial charge on any atom is -0.490 e. The molecule has 0 amide bonds. The van der Waals surface area contributed by atoms with E-state index in [1.807, 2.05) is 25.1 Å². The number of ether oxygens (including phenoxy) is 1. The van der Waals surface area contributed by atoms with Crippen LogP contribution in [0.2, 0.25) is 0 Å². The van der Waals surface area contributed by atoms with Crippen molar-refractivity contribution in [3.63, 3.8) is 0 Å². The third-order valence-electron chi connectivity index (χ3n) is 3.45. The molecule has 0 bridgehead atoms. The summed E-state index contributed by atoms with van der Waals surface area (Å²) in [5, 5.41) is 9.32. The van der Waals surface area contributed by atoms with Crippen LogP contribution >= 0.6 is 15.9 Å². The van der Waals surface area contributed by atoms with Gasteiger partial charge in [-0.3, -0.25) is 0 Å². The Kier molecular flexibility index (Phi) is 5.95. The van der Waals surface area contributed by atoms with Gasteiger partial charge in [0.1, 0.15) is 11.6 Å². The summed E-state index contributed by atoms with van der Waals surface area (Å²) >= 11 is 3.48. The number of hydrogen-bond donors (Lipinski definition) is 0. The molecule has 0 unspecified atom stereocenters. The van der Waals surface area contributed by atoms with Gasteiger partial charge in [-0.15, -0.1) is 0 Å². The van der Waals surface area contributed by atoms with Crippen LogP contribution < -0.4 is 4.74 Å². The van der Waals surface area contributed by atoms with Crippen molar-refractivity contribution in [2.24, 2.45) is 0 Å². The molecule has 0 radical (unpaired) electrons. The Balaban J connectivity index is 2.33. The third kappa shape index (κ3) is 4.43. The number of nitriles is 1. The minimum absolute atomic E-state index is 0.126. The standard InChI is InChI=1S/C19H17BrFNO/c1-3-13(2)23-19-9-8-14(11-17(19)20)10-15(12-22)16-6-4-5-7-18(16)21/h4-11,13H,3H2,1-2H3/b15-10-/t13-/m1/s1. The van der Waals surface area contributed by atoms with Crippen LogP contribution in [0.3, 0.4) is 0 Å². The molecule has 0 fully saturated rings. The number of allylic oxidation sites excluding steroid dienone is 1. The molecule has 0 spiro atoms. The van der Waals surface area contributed by atoms with E-state index < -0.39 is 5.82 Å². The van der Waals surface area contributed by atoms with Gasteiger partial charge >= 0.3 is 0 Å².